The van der Waals surface area contributed by atoms with Crippen molar-refractivity contribution in [2.75, 3.05) is 0 Å². The van der Waals surface area contributed by atoms with Gasteiger partial charge in [0.15, 0.2) is 5.82 Å². The lowest BCUT2D eigenvalue weighted by Crippen LogP contribution is -1.98. The van der Waals surface area contributed by atoms with Crippen LogP contribution >= 0.6 is 0 Å². The molecule has 0 saturated heterocycles. The number of aryl methyl sites for hydroxylation is 2. The molecular formula is C10H12N2O3S. The highest BCUT2D eigenvalue weighted by atomic mass is 32.2. The highest BCUT2D eigenvalue weighted by Crippen LogP contribution is 2.16. The monoisotopic (exact) mass is 240 g/mol. The van der Waals surface area contributed by atoms with Gasteiger partial charge in [-0.05, 0) is 13.0 Å². The van der Waals surface area contributed by atoms with Crippen LogP contribution in [0.4, 0.5) is 0 Å². The highest BCUT2D eigenvalue weighted by Gasteiger charge is 2.14. The maximum atomic E-state index is 11.9. The Morgan fingerprint density at radius 2 is 2.31 bits per heavy atom. The van der Waals surface area contributed by atoms with Gasteiger partial charge in [0.1, 0.15) is 5.76 Å². The third-order valence-electron chi connectivity index (χ3n) is 2.13. The Hall–Kier alpha value is -1.43. The van der Waals surface area contributed by atoms with Crippen LogP contribution in [0.5, 0.6) is 0 Å². The molecule has 0 aliphatic heterocycles. The van der Waals surface area contributed by atoms with Crippen LogP contribution < -0.4 is 0 Å². The second kappa shape index (κ2) is 4.61. The lowest BCUT2D eigenvalue weighted by molar-refractivity contribution is 0.378. The van der Waals surface area contributed by atoms with Crippen LogP contribution in [-0.2, 0) is 23.0 Å². The minimum absolute atomic E-state index is 0.254. The van der Waals surface area contributed by atoms with Crippen LogP contribution in [0.25, 0.3) is 0 Å². The predicted octanol–water partition coefficient (Wildman–Crippen LogP) is 1.84. The summed E-state index contributed by atoms with van der Waals surface area (Å²) in [7, 11) is -1.18. The minimum atomic E-state index is -1.18. The van der Waals surface area contributed by atoms with Gasteiger partial charge in [0.05, 0.1) is 27.7 Å². The summed E-state index contributed by atoms with van der Waals surface area (Å²) in [5.74, 6) is 1.95. The first-order valence-electron chi connectivity index (χ1n) is 4.94. The SMILES string of the molecule is CCc1nc(C[S@@](=O)c2ccoc2C)no1. The molecule has 0 aliphatic rings. The zero-order valence-corrected chi connectivity index (χ0v) is 9.91. The van der Waals surface area contributed by atoms with Crippen LogP contribution in [-0.4, -0.2) is 14.3 Å². The number of hydrogen-bond donors (Lipinski definition) is 0. The summed E-state index contributed by atoms with van der Waals surface area (Å²) in [5.41, 5.74) is 0. The van der Waals surface area contributed by atoms with Gasteiger partial charge < -0.3 is 8.94 Å². The van der Waals surface area contributed by atoms with Crippen LogP contribution in [0.1, 0.15) is 24.4 Å². The lowest BCUT2D eigenvalue weighted by atomic mass is 10.5. The van der Waals surface area contributed by atoms with Gasteiger partial charge in [0.25, 0.3) is 0 Å². The summed E-state index contributed by atoms with van der Waals surface area (Å²) >= 11 is 0. The Kier molecular flexibility index (Phi) is 3.19. The Labute approximate surface area is 95.3 Å². The number of aromatic nitrogens is 2. The van der Waals surface area contributed by atoms with E-state index in [4.69, 9.17) is 8.94 Å². The van der Waals surface area contributed by atoms with Crippen LogP contribution in [0.3, 0.4) is 0 Å². The summed E-state index contributed by atoms with van der Waals surface area (Å²) in [6.45, 7) is 3.70. The summed E-state index contributed by atoms with van der Waals surface area (Å²) < 4.78 is 22.0. The van der Waals surface area contributed by atoms with Gasteiger partial charge in [0.2, 0.25) is 5.89 Å². The molecule has 2 aromatic heterocycles. The van der Waals surface area contributed by atoms with E-state index in [1.807, 2.05) is 6.92 Å². The van der Waals surface area contributed by atoms with E-state index < -0.39 is 10.8 Å². The van der Waals surface area contributed by atoms with E-state index in [0.717, 1.165) is 0 Å². The first kappa shape index (κ1) is 11.1. The van der Waals surface area contributed by atoms with Gasteiger partial charge in [-0.25, -0.2) is 0 Å². The molecule has 0 fully saturated rings. The second-order valence-electron chi connectivity index (χ2n) is 3.29. The Morgan fingerprint density at radius 3 is 2.88 bits per heavy atom. The third-order valence-corrected chi connectivity index (χ3v) is 3.56. The first-order chi connectivity index (χ1) is 7.70. The molecule has 86 valence electrons. The fourth-order valence-electron chi connectivity index (χ4n) is 1.30. The topological polar surface area (TPSA) is 69.1 Å². The number of hydrogen-bond acceptors (Lipinski definition) is 5. The van der Waals surface area contributed by atoms with Gasteiger partial charge in [-0.1, -0.05) is 12.1 Å². The van der Waals surface area contributed by atoms with Gasteiger partial charge in [0, 0.05) is 6.42 Å². The van der Waals surface area contributed by atoms with Crippen LogP contribution in [0.15, 0.2) is 26.2 Å². The lowest BCUT2D eigenvalue weighted by Gasteiger charge is -1.95. The zero-order chi connectivity index (χ0) is 11.5. The third kappa shape index (κ3) is 2.21. The molecule has 0 radical (unpaired) electrons. The fourth-order valence-corrected chi connectivity index (χ4v) is 2.38. The molecule has 0 N–H and O–H groups in total. The highest BCUT2D eigenvalue weighted by molar-refractivity contribution is 7.84. The first-order valence-corrected chi connectivity index (χ1v) is 6.26. The van der Waals surface area contributed by atoms with Crippen molar-refractivity contribution in [3.8, 4) is 0 Å². The van der Waals surface area contributed by atoms with Crippen molar-refractivity contribution in [3.63, 3.8) is 0 Å². The van der Waals surface area contributed by atoms with E-state index in [9.17, 15) is 4.21 Å². The molecule has 0 aliphatic carbocycles. The molecule has 5 nitrogen and oxygen atoms in total. The maximum Gasteiger partial charge on any atom is 0.226 e. The smallest absolute Gasteiger partial charge is 0.226 e. The maximum absolute atomic E-state index is 11.9. The van der Waals surface area contributed by atoms with E-state index in [1.165, 1.54) is 6.26 Å². The normalized spacial score (nSPS) is 12.9. The van der Waals surface area contributed by atoms with Gasteiger partial charge >= 0.3 is 0 Å². The second-order valence-corrected chi connectivity index (χ2v) is 4.71. The van der Waals surface area contributed by atoms with Crippen molar-refractivity contribution in [1.82, 2.24) is 10.1 Å². The van der Waals surface area contributed by atoms with E-state index in [0.29, 0.717) is 28.8 Å². The number of nitrogens with zero attached hydrogens (tertiary/aromatic N) is 2. The van der Waals surface area contributed by atoms with Gasteiger partial charge in [-0.15, -0.1) is 0 Å². The molecule has 2 rings (SSSR count). The van der Waals surface area contributed by atoms with E-state index in [-0.39, 0.29) is 5.75 Å². The van der Waals surface area contributed by atoms with Crippen molar-refractivity contribution < 1.29 is 13.1 Å². The Balaban J connectivity index is 2.11. The Morgan fingerprint density at radius 1 is 1.50 bits per heavy atom. The average molecular weight is 240 g/mol. The summed E-state index contributed by atoms with van der Waals surface area (Å²) in [6, 6.07) is 1.70. The molecule has 2 heterocycles. The molecule has 0 amide bonds. The quantitative estimate of drug-likeness (QED) is 0.815. The summed E-state index contributed by atoms with van der Waals surface area (Å²) in [6.07, 6.45) is 2.21. The summed E-state index contributed by atoms with van der Waals surface area (Å²) in [4.78, 5) is 4.79. The molecule has 0 spiro atoms. The molecule has 0 saturated carbocycles. The van der Waals surface area contributed by atoms with Gasteiger partial charge in [-0.2, -0.15) is 4.98 Å². The van der Waals surface area contributed by atoms with E-state index in [2.05, 4.69) is 10.1 Å². The molecule has 2 aromatic rings. The van der Waals surface area contributed by atoms with Crippen molar-refractivity contribution in [2.45, 2.75) is 30.9 Å². The number of furan rings is 1. The Bertz CT molecular complexity index is 504. The predicted molar refractivity (Wildman–Crippen MR) is 57.2 cm³/mol. The molecule has 1 atom stereocenters. The zero-order valence-electron chi connectivity index (χ0n) is 9.10. The van der Waals surface area contributed by atoms with E-state index in [1.54, 1.807) is 13.0 Å². The molecule has 0 bridgehead atoms. The average Bonchev–Trinajstić information content (AvgIpc) is 2.86. The molecule has 6 heteroatoms. The van der Waals surface area contributed by atoms with E-state index >= 15 is 0 Å². The fraction of sp³-hybridized carbons (Fsp3) is 0.400. The number of rotatable bonds is 4. The van der Waals surface area contributed by atoms with Crippen LogP contribution in [0, 0.1) is 6.92 Å². The largest absolute Gasteiger partial charge is 0.468 e. The molecule has 0 aromatic carbocycles. The van der Waals surface area contributed by atoms with Crippen LogP contribution in [0.2, 0.25) is 0 Å². The molecule has 16 heavy (non-hydrogen) atoms. The van der Waals surface area contributed by atoms with Crippen molar-refractivity contribution in [1.29, 1.82) is 0 Å². The van der Waals surface area contributed by atoms with Crippen molar-refractivity contribution >= 4 is 10.8 Å². The standard InChI is InChI=1S/C10H12N2O3S/c1-3-10-11-9(12-15-10)6-16(13)8-4-5-14-7(8)2/h4-5H,3,6H2,1-2H3/t16-/m1/s1. The van der Waals surface area contributed by atoms with Gasteiger partial charge in [-0.3, -0.25) is 4.21 Å². The van der Waals surface area contributed by atoms with Crippen molar-refractivity contribution in [2.24, 2.45) is 0 Å². The molecule has 0 unspecified atom stereocenters. The molecular weight excluding hydrogens is 228 g/mol. The summed E-state index contributed by atoms with van der Waals surface area (Å²) in [5, 5.41) is 3.76. The minimum Gasteiger partial charge on any atom is -0.468 e. The van der Waals surface area contributed by atoms with Crippen molar-refractivity contribution in [3.05, 3.63) is 29.8 Å².